The summed E-state index contributed by atoms with van der Waals surface area (Å²) in [5, 5.41) is 0. The van der Waals surface area contributed by atoms with Crippen LogP contribution in [0.3, 0.4) is 0 Å². The fourth-order valence-electron chi connectivity index (χ4n) is 3.44. The molecule has 0 aromatic heterocycles. The van der Waals surface area contributed by atoms with E-state index in [0.29, 0.717) is 0 Å². The molecule has 0 bridgehead atoms. The molecule has 5 rings (SSSR count). The fourth-order valence-corrected chi connectivity index (χ4v) is 3.70. The summed E-state index contributed by atoms with van der Waals surface area (Å²) in [7, 11) is 0. The van der Waals surface area contributed by atoms with Crippen LogP contribution in [0.2, 0.25) is 0 Å². The molecular formula is C18H11BrO. The predicted molar refractivity (Wildman–Crippen MR) is 83.1 cm³/mol. The van der Waals surface area contributed by atoms with Crippen molar-refractivity contribution in [1.82, 2.24) is 0 Å². The lowest BCUT2D eigenvalue weighted by Gasteiger charge is -2.28. The summed E-state index contributed by atoms with van der Waals surface area (Å²) in [5.74, 6) is 0. The lowest BCUT2D eigenvalue weighted by molar-refractivity contribution is 0.347. The van der Waals surface area contributed by atoms with Crippen molar-refractivity contribution in [3.63, 3.8) is 0 Å². The van der Waals surface area contributed by atoms with Gasteiger partial charge in [-0.2, -0.15) is 0 Å². The number of epoxide rings is 1. The third-order valence-corrected chi connectivity index (χ3v) is 5.03. The second-order valence-corrected chi connectivity index (χ2v) is 6.42. The Kier molecular flexibility index (Phi) is 1.94. The van der Waals surface area contributed by atoms with Gasteiger partial charge in [-0.15, -0.1) is 0 Å². The van der Waals surface area contributed by atoms with E-state index in [-0.39, 0.29) is 11.7 Å². The Morgan fingerprint density at radius 2 is 1.70 bits per heavy atom. The molecular weight excluding hydrogens is 312 g/mol. The van der Waals surface area contributed by atoms with E-state index in [0.717, 1.165) is 4.47 Å². The minimum Gasteiger partial charge on any atom is -0.351 e. The standard InChI is InChI=1S/C18H11BrO/c19-12-7-5-11(6-8-12)18-10-9-15-13-3-1-2-4-14(13)16(15)17(18)20-18/h1-10,17H. The third kappa shape index (κ3) is 1.22. The molecule has 2 unspecified atom stereocenters. The highest BCUT2D eigenvalue weighted by molar-refractivity contribution is 9.10. The molecule has 1 heterocycles. The number of halogens is 1. The molecule has 1 saturated heterocycles. The Balaban J connectivity index is 1.59. The van der Waals surface area contributed by atoms with Gasteiger partial charge < -0.3 is 4.74 Å². The predicted octanol–water partition coefficient (Wildman–Crippen LogP) is 4.54. The maximum atomic E-state index is 6.12. The van der Waals surface area contributed by atoms with Gasteiger partial charge in [0.25, 0.3) is 0 Å². The van der Waals surface area contributed by atoms with Gasteiger partial charge in [-0.25, -0.2) is 0 Å². The zero-order chi connectivity index (χ0) is 13.3. The number of rotatable bonds is 1. The van der Waals surface area contributed by atoms with Crippen LogP contribution >= 0.6 is 15.9 Å². The molecule has 0 saturated carbocycles. The molecule has 20 heavy (non-hydrogen) atoms. The molecule has 1 nitrogen and oxygen atoms in total. The Labute approximate surface area is 125 Å². The molecule has 2 atom stereocenters. The first-order valence-electron chi connectivity index (χ1n) is 6.77. The van der Waals surface area contributed by atoms with E-state index in [2.05, 4.69) is 76.6 Å². The topological polar surface area (TPSA) is 12.5 Å². The normalized spacial score (nSPS) is 28.4. The zero-order valence-electron chi connectivity index (χ0n) is 10.6. The van der Waals surface area contributed by atoms with Crippen LogP contribution in [0.1, 0.15) is 16.7 Å². The minimum atomic E-state index is -0.229. The molecule has 2 heteroatoms. The van der Waals surface area contributed by atoms with Gasteiger partial charge in [-0.3, -0.25) is 0 Å². The Morgan fingerprint density at radius 1 is 0.950 bits per heavy atom. The molecule has 1 aliphatic heterocycles. The molecule has 0 amide bonds. The van der Waals surface area contributed by atoms with Crippen molar-refractivity contribution in [2.45, 2.75) is 11.7 Å². The van der Waals surface area contributed by atoms with Crippen LogP contribution in [-0.4, -0.2) is 6.10 Å². The van der Waals surface area contributed by atoms with Crippen molar-refractivity contribution in [1.29, 1.82) is 0 Å². The average molecular weight is 323 g/mol. The number of fused-ring (bicyclic) bond motifs is 5. The molecule has 1 fully saturated rings. The number of ether oxygens (including phenoxy) is 1. The number of hydrogen-bond acceptors (Lipinski definition) is 1. The molecule has 0 N–H and O–H groups in total. The molecule has 2 aromatic carbocycles. The molecule has 96 valence electrons. The first-order chi connectivity index (χ1) is 9.79. The fraction of sp³-hybridized carbons (Fsp3) is 0.111. The zero-order valence-corrected chi connectivity index (χ0v) is 12.2. The van der Waals surface area contributed by atoms with E-state index >= 15 is 0 Å². The van der Waals surface area contributed by atoms with Gasteiger partial charge in [0.2, 0.25) is 0 Å². The van der Waals surface area contributed by atoms with Gasteiger partial charge in [-0.05, 0) is 40.5 Å². The molecule has 0 spiro atoms. The number of benzene rings is 2. The first kappa shape index (κ1) is 11.1. The van der Waals surface area contributed by atoms with E-state index in [4.69, 9.17) is 4.74 Å². The van der Waals surface area contributed by atoms with Gasteiger partial charge in [-0.1, -0.05) is 58.4 Å². The highest BCUT2D eigenvalue weighted by Gasteiger charge is 2.61. The molecule has 2 aromatic rings. The number of allylic oxidation sites excluding steroid dienone is 2. The maximum Gasteiger partial charge on any atom is 0.143 e. The highest BCUT2D eigenvalue weighted by Crippen LogP contribution is 2.62. The Hall–Kier alpha value is -1.64. The highest BCUT2D eigenvalue weighted by atomic mass is 79.9. The first-order valence-corrected chi connectivity index (χ1v) is 7.56. The largest absolute Gasteiger partial charge is 0.351 e. The molecule has 0 radical (unpaired) electrons. The minimum absolute atomic E-state index is 0.193. The third-order valence-electron chi connectivity index (χ3n) is 4.50. The van der Waals surface area contributed by atoms with Gasteiger partial charge in [0.15, 0.2) is 0 Å². The van der Waals surface area contributed by atoms with E-state index in [1.54, 1.807) is 0 Å². The van der Waals surface area contributed by atoms with Crippen LogP contribution in [-0.2, 0) is 10.3 Å². The number of hydrogen-bond donors (Lipinski definition) is 0. The van der Waals surface area contributed by atoms with Crippen LogP contribution in [0.5, 0.6) is 0 Å². The van der Waals surface area contributed by atoms with Gasteiger partial charge >= 0.3 is 0 Å². The molecule has 2 aliphatic carbocycles. The van der Waals surface area contributed by atoms with E-state index in [1.165, 1.54) is 27.8 Å². The van der Waals surface area contributed by atoms with Crippen molar-refractivity contribution in [3.8, 4) is 0 Å². The van der Waals surface area contributed by atoms with Crippen LogP contribution in [0.25, 0.3) is 11.1 Å². The second-order valence-electron chi connectivity index (χ2n) is 5.50. The molecule has 3 aliphatic rings. The van der Waals surface area contributed by atoms with Gasteiger partial charge in [0.05, 0.1) is 0 Å². The maximum absolute atomic E-state index is 6.12. The van der Waals surface area contributed by atoms with E-state index in [1.807, 2.05) is 0 Å². The SMILES string of the molecule is Brc1ccc(C23C=CC4=C(c5ccccc54)C2O3)cc1. The second kappa shape index (κ2) is 3.51. The van der Waals surface area contributed by atoms with Crippen LogP contribution < -0.4 is 0 Å². The van der Waals surface area contributed by atoms with Crippen molar-refractivity contribution >= 4 is 27.1 Å². The van der Waals surface area contributed by atoms with Crippen molar-refractivity contribution in [3.05, 3.63) is 81.8 Å². The Morgan fingerprint density at radius 3 is 2.50 bits per heavy atom. The van der Waals surface area contributed by atoms with Crippen LogP contribution in [0.15, 0.2) is 65.2 Å². The summed E-state index contributed by atoms with van der Waals surface area (Å²) in [5.41, 5.74) is 6.46. The average Bonchev–Trinajstić information content (AvgIpc) is 3.18. The summed E-state index contributed by atoms with van der Waals surface area (Å²) in [4.78, 5) is 0. The van der Waals surface area contributed by atoms with Gasteiger partial charge in [0, 0.05) is 10.0 Å². The summed E-state index contributed by atoms with van der Waals surface area (Å²) >= 11 is 3.49. The quantitative estimate of drug-likeness (QED) is 0.702. The lowest BCUT2D eigenvalue weighted by atomic mass is 9.72. The Bertz CT molecular complexity index is 800. The summed E-state index contributed by atoms with van der Waals surface area (Å²) in [6.07, 6.45) is 4.64. The van der Waals surface area contributed by atoms with Gasteiger partial charge in [0.1, 0.15) is 11.7 Å². The summed E-state index contributed by atoms with van der Waals surface area (Å²) in [6.45, 7) is 0. The van der Waals surface area contributed by atoms with Crippen LogP contribution in [0.4, 0.5) is 0 Å². The van der Waals surface area contributed by atoms with E-state index < -0.39 is 0 Å². The van der Waals surface area contributed by atoms with Crippen molar-refractivity contribution in [2.75, 3.05) is 0 Å². The van der Waals surface area contributed by atoms with Crippen LogP contribution in [0, 0.1) is 0 Å². The monoisotopic (exact) mass is 322 g/mol. The smallest absolute Gasteiger partial charge is 0.143 e. The van der Waals surface area contributed by atoms with E-state index in [9.17, 15) is 0 Å². The summed E-state index contributed by atoms with van der Waals surface area (Å²) < 4.78 is 7.22. The van der Waals surface area contributed by atoms with Crippen molar-refractivity contribution < 1.29 is 4.74 Å². The lowest BCUT2D eigenvalue weighted by Crippen LogP contribution is -2.20. The van der Waals surface area contributed by atoms with Crippen molar-refractivity contribution in [2.24, 2.45) is 0 Å². The summed E-state index contributed by atoms with van der Waals surface area (Å²) in [6, 6.07) is 17.0.